The topological polar surface area (TPSA) is 35.2 Å². The van der Waals surface area contributed by atoms with E-state index in [1.54, 1.807) is 18.4 Å². The Balaban J connectivity index is 0.00000144. The fourth-order valence-electron chi connectivity index (χ4n) is 1.51. The number of nitrogens with two attached hydrogens (primary N) is 1. The summed E-state index contributed by atoms with van der Waals surface area (Å²) in [6.07, 6.45) is 0. The van der Waals surface area contributed by atoms with Crippen molar-refractivity contribution in [3.8, 4) is 5.75 Å². The number of benzene rings is 1. The van der Waals surface area contributed by atoms with E-state index >= 15 is 0 Å². The average molecular weight is 335 g/mol. The molecular weight excluding hydrogens is 322 g/mol. The second kappa shape index (κ2) is 6.40. The Labute approximate surface area is 119 Å². The highest BCUT2D eigenvalue weighted by atomic mass is 79.9. The summed E-state index contributed by atoms with van der Waals surface area (Å²) in [7, 11) is 1.65. The number of hydrogen-bond donors (Lipinski definition) is 1. The first-order valence-electron chi connectivity index (χ1n) is 4.85. The summed E-state index contributed by atoms with van der Waals surface area (Å²) in [4.78, 5) is 1.16. The van der Waals surface area contributed by atoms with E-state index in [1.165, 1.54) is 0 Å². The van der Waals surface area contributed by atoms with Gasteiger partial charge in [0.15, 0.2) is 0 Å². The molecule has 0 amide bonds. The molecule has 0 fully saturated rings. The van der Waals surface area contributed by atoms with E-state index in [-0.39, 0.29) is 18.4 Å². The van der Waals surface area contributed by atoms with Gasteiger partial charge in [-0.1, -0.05) is 12.1 Å². The fraction of sp³-hybridized carbons (Fsp3) is 0.167. The van der Waals surface area contributed by atoms with Crippen molar-refractivity contribution in [3.63, 3.8) is 0 Å². The molecule has 0 spiro atoms. The van der Waals surface area contributed by atoms with Crippen LogP contribution in [0.5, 0.6) is 5.75 Å². The van der Waals surface area contributed by atoms with E-state index in [2.05, 4.69) is 15.9 Å². The Bertz CT molecular complexity index is 475. The van der Waals surface area contributed by atoms with Crippen LogP contribution in [-0.2, 0) is 0 Å². The first kappa shape index (κ1) is 14.5. The number of hydrogen-bond acceptors (Lipinski definition) is 3. The monoisotopic (exact) mass is 333 g/mol. The zero-order chi connectivity index (χ0) is 11.5. The van der Waals surface area contributed by atoms with Gasteiger partial charge in [-0.2, -0.15) is 0 Å². The number of halogens is 2. The van der Waals surface area contributed by atoms with Crippen molar-refractivity contribution in [1.82, 2.24) is 0 Å². The van der Waals surface area contributed by atoms with E-state index in [9.17, 15) is 0 Å². The highest BCUT2D eigenvalue weighted by Gasteiger charge is 2.11. The predicted octanol–water partition coefficient (Wildman–Crippen LogP) is 3.99. The van der Waals surface area contributed by atoms with Crippen LogP contribution in [0.15, 0.2) is 40.2 Å². The highest BCUT2D eigenvalue weighted by Crippen LogP contribution is 2.30. The van der Waals surface area contributed by atoms with Crippen molar-refractivity contribution >= 4 is 39.7 Å². The Morgan fingerprint density at radius 2 is 2.12 bits per heavy atom. The van der Waals surface area contributed by atoms with Gasteiger partial charge < -0.3 is 10.5 Å². The first-order chi connectivity index (χ1) is 7.72. The maximum Gasteiger partial charge on any atom is 0.133 e. The summed E-state index contributed by atoms with van der Waals surface area (Å²) in [6.45, 7) is 0. The van der Waals surface area contributed by atoms with Crippen molar-refractivity contribution in [3.05, 3.63) is 50.6 Å². The molecular formula is C12H13BrClNOS. The van der Waals surface area contributed by atoms with Crippen molar-refractivity contribution < 1.29 is 4.74 Å². The molecule has 1 aromatic heterocycles. The third kappa shape index (κ3) is 3.22. The molecule has 5 heteroatoms. The molecule has 1 aromatic carbocycles. The van der Waals surface area contributed by atoms with Gasteiger partial charge >= 0.3 is 0 Å². The smallest absolute Gasteiger partial charge is 0.133 e. The van der Waals surface area contributed by atoms with E-state index in [4.69, 9.17) is 10.5 Å². The summed E-state index contributed by atoms with van der Waals surface area (Å²) in [5, 5.41) is 2.04. The van der Waals surface area contributed by atoms with Crippen molar-refractivity contribution in [2.45, 2.75) is 6.04 Å². The number of rotatable bonds is 3. The Hall–Kier alpha value is -0.550. The van der Waals surface area contributed by atoms with Crippen LogP contribution in [0.2, 0.25) is 0 Å². The van der Waals surface area contributed by atoms with Gasteiger partial charge in [-0.25, -0.2) is 0 Å². The van der Waals surface area contributed by atoms with E-state index in [0.29, 0.717) is 0 Å². The minimum absolute atomic E-state index is 0. The highest BCUT2D eigenvalue weighted by molar-refractivity contribution is 9.10. The largest absolute Gasteiger partial charge is 0.496 e. The fourth-order valence-corrected chi connectivity index (χ4v) is 2.82. The average Bonchev–Trinajstić information content (AvgIpc) is 2.81. The first-order valence-corrected chi connectivity index (χ1v) is 6.52. The van der Waals surface area contributed by atoms with E-state index in [1.807, 2.05) is 35.7 Å². The molecule has 0 saturated heterocycles. The van der Waals surface area contributed by atoms with Crippen LogP contribution in [-0.4, -0.2) is 7.11 Å². The second-order valence-electron chi connectivity index (χ2n) is 3.39. The maximum absolute atomic E-state index is 6.17. The van der Waals surface area contributed by atoms with Gasteiger partial charge in [0.1, 0.15) is 5.75 Å². The van der Waals surface area contributed by atoms with Crippen molar-refractivity contribution in [2.24, 2.45) is 5.73 Å². The summed E-state index contributed by atoms with van der Waals surface area (Å²) < 4.78 is 6.12. The van der Waals surface area contributed by atoms with Crippen molar-refractivity contribution in [1.29, 1.82) is 0 Å². The third-order valence-corrected chi connectivity index (χ3v) is 3.96. The normalized spacial score (nSPS) is 11.7. The molecule has 0 saturated carbocycles. The standard InChI is InChI=1S/C12H12BrNOS.ClH/c1-15-10-5-4-8(7-9(10)13)12(14)11-3-2-6-16-11;/h2-7,12H,14H2,1H3;1H/t12-;/m1./s1. The van der Waals surface area contributed by atoms with Crippen LogP contribution in [0.25, 0.3) is 0 Å². The predicted molar refractivity (Wildman–Crippen MR) is 78.3 cm³/mol. The molecule has 1 heterocycles. The van der Waals surface area contributed by atoms with Gasteiger partial charge in [0.25, 0.3) is 0 Å². The van der Waals surface area contributed by atoms with Gasteiger partial charge in [0, 0.05) is 4.88 Å². The molecule has 0 aliphatic heterocycles. The van der Waals surface area contributed by atoms with Gasteiger partial charge in [0.2, 0.25) is 0 Å². The van der Waals surface area contributed by atoms with E-state index in [0.717, 1.165) is 20.7 Å². The van der Waals surface area contributed by atoms with Crippen molar-refractivity contribution in [2.75, 3.05) is 7.11 Å². The Kier molecular flexibility index (Phi) is 5.46. The lowest BCUT2D eigenvalue weighted by Gasteiger charge is -2.12. The van der Waals surface area contributed by atoms with Crippen LogP contribution in [0.3, 0.4) is 0 Å². The van der Waals surface area contributed by atoms with E-state index < -0.39 is 0 Å². The molecule has 0 bridgehead atoms. The maximum atomic E-state index is 6.17. The van der Waals surface area contributed by atoms with Crippen LogP contribution in [0.1, 0.15) is 16.5 Å². The molecule has 2 aromatic rings. The third-order valence-electron chi connectivity index (χ3n) is 2.38. The summed E-state index contributed by atoms with van der Waals surface area (Å²) in [5.41, 5.74) is 7.25. The van der Waals surface area contributed by atoms with Gasteiger partial charge in [0.05, 0.1) is 17.6 Å². The lowest BCUT2D eigenvalue weighted by atomic mass is 10.1. The number of ether oxygens (including phenoxy) is 1. The van der Waals surface area contributed by atoms with Crippen LogP contribution in [0.4, 0.5) is 0 Å². The second-order valence-corrected chi connectivity index (χ2v) is 5.22. The lowest BCUT2D eigenvalue weighted by molar-refractivity contribution is 0.412. The van der Waals surface area contributed by atoms with Crippen LogP contribution in [0, 0.1) is 0 Å². The minimum Gasteiger partial charge on any atom is -0.496 e. The summed E-state index contributed by atoms with van der Waals surface area (Å²) >= 11 is 5.13. The van der Waals surface area contributed by atoms with Gasteiger partial charge in [-0.05, 0) is 45.1 Å². The summed E-state index contributed by atoms with van der Waals surface area (Å²) in [5.74, 6) is 0.821. The number of thiophene rings is 1. The Morgan fingerprint density at radius 3 is 2.65 bits per heavy atom. The lowest BCUT2D eigenvalue weighted by Crippen LogP contribution is -2.10. The SMILES string of the molecule is COc1ccc([C@@H](N)c2cccs2)cc1Br.Cl. The molecule has 2 rings (SSSR count). The Morgan fingerprint density at radius 1 is 1.35 bits per heavy atom. The van der Waals surface area contributed by atoms with Crippen LogP contribution >= 0.6 is 39.7 Å². The van der Waals surface area contributed by atoms with Gasteiger partial charge in [-0.3, -0.25) is 0 Å². The molecule has 17 heavy (non-hydrogen) atoms. The molecule has 2 N–H and O–H groups in total. The van der Waals surface area contributed by atoms with Gasteiger partial charge in [-0.15, -0.1) is 23.7 Å². The molecule has 0 aliphatic rings. The zero-order valence-electron chi connectivity index (χ0n) is 9.22. The zero-order valence-corrected chi connectivity index (χ0v) is 12.4. The summed E-state index contributed by atoms with van der Waals surface area (Å²) in [6, 6.07) is 9.91. The quantitative estimate of drug-likeness (QED) is 0.921. The number of methoxy groups -OCH3 is 1. The molecule has 0 aliphatic carbocycles. The molecule has 92 valence electrons. The molecule has 0 unspecified atom stereocenters. The molecule has 1 atom stereocenters. The molecule has 0 radical (unpaired) electrons. The minimum atomic E-state index is -0.0674. The molecule has 2 nitrogen and oxygen atoms in total. The van der Waals surface area contributed by atoms with Crippen LogP contribution < -0.4 is 10.5 Å².